The summed E-state index contributed by atoms with van der Waals surface area (Å²) < 4.78 is 5.53. The van der Waals surface area contributed by atoms with Gasteiger partial charge in [-0.1, -0.05) is 30.3 Å². The quantitative estimate of drug-likeness (QED) is 0.806. The summed E-state index contributed by atoms with van der Waals surface area (Å²) in [5, 5.41) is 2.95. The molecule has 0 saturated carbocycles. The van der Waals surface area contributed by atoms with Crippen molar-refractivity contribution in [3.05, 3.63) is 47.5 Å². The van der Waals surface area contributed by atoms with Crippen molar-refractivity contribution in [1.82, 2.24) is 15.1 Å². The predicted octanol–water partition coefficient (Wildman–Crippen LogP) is 2.75. The minimum absolute atomic E-state index is 0.0358. The van der Waals surface area contributed by atoms with Gasteiger partial charge in [0.1, 0.15) is 5.60 Å². The largest absolute Gasteiger partial charge is 0.444 e. The number of hydrogen-bond acceptors (Lipinski definition) is 4. The monoisotopic (exact) mass is 373 g/mol. The Kier molecular flexibility index (Phi) is 7.02. The molecule has 0 aliphatic carbocycles. The maximum absolute atomic E-state index is 12.5. The predicted molar refractivity (Wildman–Crippen MR) is 107 cm³/mol. The number of nitrogens with one attached hydrogen (secondary N) is 1. The van der Waals surface area contributed by atoms with Crippen molar-refractivity contribution in [3.63, 3.8) is 0 Å². The molecular formula is C21H31N3O3. The summed E-state index contributed by atoms with van der Waals surface area (Å²) in [6.07, 6.45) is 3.07. The summed E-state index contributed by atoms with van der Waals surface area (Å²) >= 11 is 0. The van der Waals surface area contributed by atoms with Crippen molar-refractivity contribution in [1.29, 1.82) is 0 Å². The number of fused-ring (bicyclic) bond motifs is 1. The average Bonchev–Trinajstić information content (AvgIpc) is 2.57. The molecule has 2 rings (SSSR count). The molecule has 6 nitrogen and oxygen atoms in total. The van der Waals surface area contributed by atoms with Crippen LogP contribution in [0.2, 0.25) is 0 Å². The zero-order valence-corrected chi connectivity index (χ0v) is 17.0. The van der Waals surface area contributed by atoms with Gasteiger partial charge in [0.15, 0.2) is 0 Å². The van der Waals surface area contributed by atoms with Crippen LogP contribution in [0.15, 0.2) is 36.4 Å². The van der Waals surface area contributed by atoms with Crippen molar-refractivity contribution in [3.8, 4) is 0 Å². The summed E-state index contributed by atoms with van der Waals surface area (Å²) in [6.45, 7) is 7.82. The van der Waals surface area contributed by atoms with Gasteiger partial charge in [-0.15, -0.1) is 0 Å². The van der Waals surface area contributed by atoms with E-state index < -0.39 is 5.60 Å². The van der Waals surface area contributed by atoms with E-state index in [-0.39, 0.29) is 17.9 Å². The molecule has 0 bridgehead atoms. The summed E-state index contributed by atoms with van der Waals surface area (Å²) in [4.78, 5) is 28.3. The van der Waals surface area contributed by atoms with Gasteiger partial charge in [0.05, 0.1) is 0 Å². The Balaban J connectivity index is 2.04. The number of carbonyl (C=O) groups is 2. The second-order valence-electron chi connectivity index (χ2n) is 8.17. The molecule has 1 unspecified atom stereocenters. The van der Waals surface area contributed by atoms with Crippen LogP contribution in [-0.4, -0.2) is 61.1 Å². The zero-order valence-electron chi connectivity index (χ0n) is 17.0. The molecule has 148 valence electrons. The first kappa shape index (κ1) is 21.0. The average molecular weight is 373 g/mol. The lowest BCUT2D eigenvalue weighted by molar-refractivity contribution is -0.116. The molecule has 27 heavy (non-hydrogen) atoms. The molecular weight excluding hydrogens is 342 g/mol. The van der Waals surface area contributed by atoms with Crippen molar-refractivity contribution in [2.45, 2.75) is 38.8 Å². The van der Waals surface area contributed by atoms with Crippen LogP contribution in [-0.2, 0) is 16.1 Å². The summed E-state index contributed by atoms with van der Waals surface area (Å²) in [7, 11) is 3.90. The van der Waals surface area contributed by atoms with Gasteiger partial charge in [-0.05, 0) is 46.0 Å². The van der Waals surface area contributed by atoms with Gasteiger partial charge in [0.2, 0.25) is 5.91 Å². The third kappa shape index (κ3) is 6.71. The summed E-state index contributed by atoms with van der Waals surface area (Å²) in [5.74, 6) is -0.0858. The highest BCUT2D eigenvalue weighted by Gasteiger charge is 2.30. The van der Waals surface area contributed by atoms with E-state index in [9.17, 15) is 9.59 Å². The lowest BCUT2D eigenvalue weighted by Gasteiger charge is -2.35. The highest BCUT2D eigenvalue weighted by molar-refractivity contribution is 5.87. The molecule has 0 aromatic heterocycles. The van der Waals surface area contributed by atoms with Crippen LogP contribution in [0.1, 0.15) is 37.8 Å². The van der Waals surface area contributed by atoms with E-state index in [1.54, 1.807) is 11.0 Å². The van der Waals surface area contributed by atoms with Crippen LogP contribution >= 0.6 is 0 Å². The molecule has 1 aliphatic heterocycles. The van der Waals surface area contributed by atoms with Crippen LogP contribution < -0.4 is 5.32 Å². The van der Waals surface area contributed by atoms with E-state index in [2.05, 4.69) is 11.4 Å². The number of amides is 2. The molecule has 0 fully saturated rings. The van der Waals surface area contributed by atoms with E-state index in [4.69, 9.17) is 4.74 Å². The Labute approximate surface area is 162 Å². The first-order valence-corrected chi connectivity index (χ1v) is 9.30. The lowest BCUT2D eigenvalue weighted by atomic mass is 9.90. The molecule has 1 aliphatic rings. The molecule has 0 radical (unpaired) electrons. The van der Waals surface area contributed by atoms with Crippen molar-refractivity contribution >= 4 is 12.0 Å². The van der Waals surface area contributed by atoms with Gasteiger partial charge in [-0.2, -0.15) is 0 Å². The summed E-state index contributed by atoms with van der Waals surface area (Å²) in [5.41, 5.74) is 1.74. The Morgan fingerprint density at radius 3 is 2.67 bits per heavy atom. The second kappa shape index (κ2) is 9.04. The normalized spacial score (nSPS) is 17.1. The molecule has 1 N–H and O–H groups in total. The maximum Gasteiger partial charge on any atom is 0.410 e. The first-order valence-electron chi connectivity index (χ1n) is 9.30. The second-order valence-corrected chi connectivity index (χ2v) is 8.17. The molecule has 1 heterocycles. The number of ether oxygens (including phenoxy) is 1. The highest BCUT2D eigenvalue weighted by atomic mass is 16.6. The first-order chi connectivity index (χ1) is 12.7. The number of likely N-dealkylation sites (N-methyl/N-ethyl adjacent to an activating group) is 1. The van der Waals surface area contributed by atoms with Crippen LogP contribution in [0, 0.1) is 0 Å². The van der Waals surface area contributed by atoms with E-state index in [0.29, 0.717) is 26.2 Å². The van der Waals surface area contributed by atoms with Gasteiger partial charge in [0, 0.05) is 38.2 Å². The fraction of sp³-hybridized carbons (Fsp3) is 0.524. The number of carbonyl (C=O) groups excluding carboxylic acids is 2. The molecule has 2 amide bonds. The van der Waals surface area contributed by atoms with Gasteiger partial charge < -0.3 is 19.9 Å². The van der Waals surface area contributed by atoms with E-state index >= 15 is 0 Å². The minimum Gasteiger partial charge on any atom is -0.444 e. The van der Waals surface area contributed by atoms with Crippen molar-refractivity contribution in [2.75, 3.05) is 33.7 Å². The summed E-state index contributed by atoms with van der Waals surface area (Å²) in [6, 6.07) is 8.06. The van der Waals surface area contributed by atoms with E-state index in [1.165, 1.54) is 5.56 Å². The number of rotatable bonds is 5. The van der Waals surface area contributed by atoms with Gasteiger partial charge in [0.25, 0.3) is 0 Å². The third-order valence-electron chi connectivity index (χ3n) is 4.21. The van der Waals surface area contributed by atoms with Crippen LogP contribution in [0.4, 0.5) is 4.79 Å². The topological polar surface area (TPSA) is 61.9 Å². The van der Waals surface area contributed by atoms with Crippen LogP contribution in [0.5, 0.6) is 0 Å². The molecule has 1 atom stereocenters. The number of hydrogen-bond donors (Lipinski definition) is 1. The Hall–Kier alpha value is -2.34. The fourth-order valence-electron chi connectivity index (χ4n) is 3.00. The molecule has 1 aromatic carbocycles. The Morgan fingerprint density at radius 2 is 2.00 bits per heavy atom. The maximum atomic E-state index is 12.5. The molecule has 1 aromatic rings. The lowest BCUT2D eigenvalue weighted by Crippen LogP contribution is -2.44. The Bertz CT molecular complexity index is 692. The SMILES string of the molecule is CN(C)C/C=C/C(=O)NCC1CN(C(=O)OC(C)(C)C)Cc2ccccc21. The molecule has 6 heteroatoms. The van der Waals surface area contributed by atoms with Gasteiger partial charge in [-0.3, -0.25) is 4.79 Å². The van der Waals surface area contributed by atoms with E-state index in [0.717, 1.165) is 5.56 Å². The van der Waals surface area contributed by atoms with E-state index in [1.807, 2.05) is 64.0 Å². The van der Waals surface area contributed by atoms with Gasteiger partial charge in [-0.25, -0.2) is 4.79 Å². The third-order valence-corrected chi connectivity index (χ3v) is 4.21. The highest BCUT2D eigenvalue weighted by Crippen LogP contribution is 2.28. The minimum atomic E-state index is -0.533. The number of nitrogens with zero attached hydrogens (tertiary/aromatic N) is 2. The van der Waals surface area contributed by atoms with Crippen LogP contribution in [0.3, 0.4) is 0 Å². The molecule has 0 saturated heterocycles. The van der Waals surface area contributed by atoms with Crippen molar-refractivity contribution in [2.24, 2.45) is 0 Å². The van der Waals surface area contributed by atoms with Crippen LogP contribution in [0.25, 0.3) is 0 Å². The Morgan fingerprint density at radius 1 is 1.30 bits per heavy atom. The van der Waals surface area contributed by atoms with Gasteiger partial charge >= 0.3 is 6.09 Å². The van der Waals surface area contributed by atoms with Crippen molar-refractivity contribution < 1.29 is 14.3 Å². The zero-order chi connectivity index (χ0) is 20.0. The molecule has 0 spiro atoms. The smallest absolute Gasteiger partial charge is 0.410 e. The standard InChI is InChI=1S/C21H31N3O3/c1-21(2,3)27-20(26)24-14-16-9-6-7-10-18(16)17(15-24)13-22-19(25)11-8-12-23(4)5/h6-11,17H,12-15H2,1-5H3,(H,22,25)/b11-8+. The fourth-order valence-corrected chi connectivity index (χ4v) is 3.00. The number of benzene rings is 1.